The van der Waals surface area contributed by atoms with Crippen LogP contribution < -0.4 is 10.5 Å². The Labute approximate surface area is 180 Å². The lowest BCUT2D eigenvalue weighted by Gasteiger charge is -2.38. The summed E-state index contributed by atoms with van der Waals surface area (Å²) in [6.45, 7) is 0.195. The molecule has 3 rings (SSSR count). The highest BCUT2D eigenvalue weighted by Gasteiger charge is 2.36. The number of primary amides is 1. The summed E-state index contributed by atoms with van der Waals surface area (Å²) in [5.41, 5.74) is 7.17. The molecule has 2 N–H and O–H groups in total. The SMILES string of the molecule is COc1ccc(C2CC(=O)N(CC(N)=O)C[C@H]2CC(=O)Cc2ccc(Cl)cc2)cc1. The molecule has 7 heteroatoms. The van der Waals surface area contributed by atoms with Crippen LogP contribution in [0.1, 0.15) is 29.9 Å². The lowest BCUT2D eigenvalue weighted by molar-refractivity contribution is -0.140. The van der Waals surface area contributed by atoms with Crippen molar-refractivity contribution in [1.29, 1.82) is 0 Å². The Hall–Kier alpha value is -2.86. The Morgan fingerprint density at radius 1 is 1.13 bits per heavy atom. The second-order valence-electron chi connectivity index (χ2n) is 7.63. The number of nitrogens with zero attached hydrogens (tertiary/aromatic N) is 1. The first-order chi connectivity index (χ1) is 14.4. The monoisotopic (exact) mass is 428 g/mol. The van der Waals surface area contributed by atoms with Crippen molar-refractivity contribution < 1.29 is 19.1 Å². The zero-order valence-electron chi connectivity index (χ0n) is 16.8. The fourth-order valence-electron chi connectivity index (χ4n) is 3.98. The molecule has 0 aromatic heterocycles. The molecule has 2 amide bonds. The molecule has 0 radical (unpaired) electrons. The number of methoxy groups -OCH3 is 1. The van der Waals surface area contributed by atoms with Crippen LogP contribution in [0, 0.1) is 5.92 Å². The van der Waals surface area contributed by atoms with Gasteiger partial charge in [-0.15, -0.1) is 0 Å². The van der Waals surface area contributed by atoms with Crippen molar-refractivity contribution in [2.75, 3.05) is 20.2 Å². The number of halogens is 1. The minimum Gasteiger partial charge on any atom is -0.497 e. The standard InChI is InChI=1S/C23H25ClN2O4/c1-30-20-8-4-16(5-9-20)21-12-23(29)26(14-22(25)28)13-17(21)11-19(27)10-15-2-6-18(24)7-3-15/h2-9,17,21H,10-14H2,1H3,(H2,25,28)/t17-,21?/m1/s1. The highest BCUT2D eigenvalue weighted by molar-refractivity contribution is 6.30. The van der Waals surface area contributed by atoms with Gasteiger partial charge in [-0.05, 0) is 47.2 Å². The molecule has 0 aliphatic carbocycles. The summed E-state index contributed by atoms with van der Waals surface area (Å²) in [4.78, 5) is 38.2. The van der Waals surface area contributed by atoms with Crippen molar-refractivity contribution in [3.8, 4) is 5.75 Å². The lowest BCUT2D eigenvalue weighted by Crippen LogP contribution is -2.47. The molecular formula is C23H25ClN2O4. The molecule has 1 fully saturated rings. The van der Waals surface area contributed by atoms with Gasteiger partial charge in [-0.25, -0.2) is 0 Å². The predicted octanol–water partition coefficient (Wildman–Crippen LogP) is 2.97. The first-order valence-electron chi connectivity index (χ1n) is 9.82. The third kappa shape index (κ3) is 5.60. The summed E-state index contributed by atoms with van der Waals surface area (Å²) in [5, 5.41) is 0.624. The van der Waals surface area contributed by atoms with Crippen LogP contribution >= 0.6 is 11.6 Å². The fourth-order valence-corrected chi connectivity index (χ4v) is 4.11. The van der Waals surface area contributed by atoms with Crippen LogP contribution in [0.15, 0.2) is 48.5 Å². The highest BCUT2D eigenvalue weighted by atomic mass is 35.5. The number of hydrogen-bond acceptors (Lipinski definition) is 4. The summed E-state index contributed by atoms with van der Waals surface area (Å²) in [6, 6.07) is 14.8. The Morgan fingerprint density at radius 3 is 2.40 bits per heavy atom. The summed E-state index contributed by atoms with van der Waals surface area (Å²) < 4.78 is 5.21. The first-order valence-corrected chi connectivity index (χ1v) is 10.2. The van der Waals surface area contributed by atoms with Crippen molar-refractivity contribution in [2.45, 2.75) is 25.2 Å². The van der Waals surface area contributed by atoms with Crippen LogP contribution in [-0.2, 0) is 20.8 Å². The summed E-state index contributed by atoms with van der Waals surface area (Å²) in [5.74, 6) is -0.0914. The van der Waals surface area contributed by atoms with Gasteiger partial charge in [-0.3, -0.25) is 14.4 Å². The molecule has 1 heterocycles. The minimum atomic E-state index is -0.558. The summed E-state index contributed by atoms with van der Waals surface area (Å²) >= 11 is 5.91. The summed E-state index contributed by atoms with van der Waals surface area (Å²) in [6.07, 6.45) is 0.840. The van der Waals surface area contributed by atoms with Gasteiger partial charge in [0.15, 0.2) is 0 Å². The Kier molecular flexibility index (Phi) is 7.11. The van der Waals surface area contributed by atoms with E-state index in [1.54, 1.807) is 19.2 Å². The Bertz CT molecular complexity index is 912. The maximum absolute atomic E-state index is 12.8. The molecule has 30 heavy (non-hydrogen) atoms. The van der Waals surface area contributed by atoms with Crippen LogP contribution in [0.2, 0.25) is 5.02 Å². The molecule has 0 bridgehead atoms. The van der Waals surface area contributed by atoms with E-state index in [4.69, 9.17) is 22.1 Å². The van der Waals surface area contributed by atoms with Gasteiger partial charge in [0.05, 0.1) is 13.7 Å². The van der Waals surface area contributed by atoms with E-state index in [9.17, 15) is 14.4 Å². The van der Waals surface area contributed by atoms with Gasteiger partial charge >= 0.3 is 0 Å². The number of carbonyl (C=O) groups excluding carboxylic acids is 3. The molecule has 0 saturated carbocycles. The van der Waals surface area contributed by atoms with Crippen molar-refractivity contribution in [2.24, 2.45) is 11.7 Å². The van der Waals surface area contributed by atoms with Gasteiger partial charge in [-0.1, -0.05) is 35.9 Å². The number of Topliss-reactive ketones (excluding diaryl/α,β-unsaturated/α-hetero) is 1. The normalized spacial score (nSPS) is 18.9. The zero-order chi connectivity index (χ0) is 21.7. The van der Waals surface area contributed by atoms with Gasteiger partial charge in [0.1, 0.15) is 11.5 Å². The van der Waals surface area contributed by atoms with E-state index in [1.165, 1.54) is 4.90 Å². The zero-order valence-corrected chi connectivity index (χ0v) is 17.6. The lowest BCUT2D eigenvalue weighted by atomic mass is 9.77. The average molecular weight is 429 g/mol. The Morgan fingerprint density at radius 2 is 1.80 bits per heavy atom. The number of hydrogen-bond donors (Lipinski definition) is 1. The average Bonchev–Trinajstić information content (AvgIpc) is 2.71. The third-order valence-corrected chi connectivity index (χ3v) is 5.72. The number of piperidine rings is 1. The van der Waals surface area contributed by atoms with Gasteiger partial charge in [-0.2, -0.15) is 0 Å². The number of ketones is 1. The number of nitrogens with two attached hydrogens (primary N) is 1. The van der Waals surface area contributed by atoms with Crippen LogP contribution in [0.4, 0.5) is 0 Å². The smallest absolute Gasteiger partial charge is 0.237 e. The van der Waals surface area contributed by atoms with Crippen molar-refractivity contribution in [3.63, 3.8) is 0 Å². The molecule has 1 aliphatic rings. The summed E-state index contributed by atoms with van der Waals surface area (Å²) in [7, 11) is 1.60. The van der Waals surface area contributed by atoms with Crippen LogP contribution in [-0.4, -0.2) is 42.7 Å². The topological polar surface area (TPSA) is 89.7 Å². The van der Waals surface area contributed by atoms with E-state index in [0.717, 1.165) is 16.9 Å². The van der Waals surface area contributed by atoms with Gasteiger partial charge < -0.3 is 15.4 Å². The van der Waals surface area contributed by atoms with Gasteiger partial charge in [0, 0.05) is 30.8 Å². The van der Waals surface area contributed by atoms with E-state index in [-0.39, 0.29) is 36.5 Å². The number of amides is 2. The quantitative estimate of drug-likeness (QED) is 0.699. The number of likely N-dealkylation sites (tertiary alicyclic amines) is 1. The molecule has 1 unspecified atom stereocenters. The van der Waals surface area contributed by atoms with E-state index in [0.29, 0.717) is 24.4 Å². The van der Waals surface area contributed by atoms with E-state index in [2.05, 4.69) is 0 Å². The van der Waals surface area contributed by atoms with Crippen LogP contribution in [0.25, 0.3) is 0 Å². The van der Waals surface area contributed by atoms with Crippen LogP contribution in [0.5, 0.6) is 5.75 Å². The fraction of sp³-hybridized carbons (Fsp3) is 0.348. The molecule has 2 aromatic rings. The molecule has 2 atom stereocenters. The molecule has 1 saturated heterocycles. The van der Waals surface area contributed by atoms with Crippen molar-refractivity contribution in [3.05, 3.63) is 64.7 Å². The van der Waals surface area contributed by atoms with Gasteiger partial charge in [0.25, 0.3) is 0 Å². The minimum absolute atomic E-state index is 0.0780. The molecule has 158 valence electrons. The molecule has 0 spiro atoms. The first kappa shape index (κ1) is 21.8. The largest absolute Gasteiger partial charge is 0.497 e. The van der Waals surface area contributed by atoms with Crippen LogP contribution in [0.3, 0.4) is 0 Å². The van der Waals surface area contributed by atoms with E-state index < -0.39 is 5.91 Å². The number of benzene rings is 2. The third-order valence-electron chi connectivity index (χ3n) is 5.47. The highest BCUT2D eigenvalue weighted by Crippen LogP contribution is 2.36. The second-order valence-corrected chi connectivity index (χ2v) is 8.07. The van der Waals surface area contributed by atoms with Crippen molar-refractivity contribution in [1.82, 2.24) is 4.90 Å². The van der Waals surface area contributed by atoms with E-state index in [1.807, 2.05) is 36.4 Å². The van der Waals surface area contributed by atoms with E-state index >= 15 is 0 Å². The van der Waals surface area contributed by atoms with Gasteiger partial charge in [0.2, 0.25) is 11.8 Å². The maximum Gasteiger partial charge on any atom is 0.237 e. The molecule has 2 aromatic carbocycles. The molecule has 1 aliphatic heterocycles. The Balaban J connectivity index is 1.78. The number of carbonyl (C=O) groups is 3. The number of ether oxygens (including phenoxy) is 1. The van der Waals surface area contributed by atoms with Crippen molar-refractivity contribution >= 4 is 29.2 Å². The molecular weight excluding hydrogens is 404 g/mol. The second kappa shape index (κ2) is 9.76. The predicted molar refractivity (Wildman–Crippen MR) is 114 cm³/mol. The molecule has 6 nitrogen and oxygen atoms in total. The number of rotatable bonds is 8. The maximum atomic E-state index is 12.8.